The number of amides is 1. The summed E-state index contributed by atoms with van der Waals surface area (Å²) in [7, 11) is -2.20. The van der Waals surface area contributed by atoms with Crippen molar-refractivity contribution in [3.05, 3.63) is 94.5 Å². The van der Waals surface area contributed by atoms with Gasteiger partial charge in [-0.05, 0) is 54.1 Å². The molecule has 0 fully saturated rings. The summed E-state index contributed by atoms with van der Waals surface area (Å²) in [5.41, 5.74) is 1.84. The van der Waals surface area contributed by atoms with Gasteiger partial charge in [-0.15, -0.1) is 5.10 Å². The Morgan fingerprint density at radius 2 is 1.64 bits per heavy atom. The van der Waals surface area contributed by atoms with Crippen LogP contribution in [0.3, 0.4) is 0 Å². The van der Waals surface area contributed by atoms with Crippen LogP contribution < -0.4 is 5.32 Å². The third kappa shape index (κ3) is 5.36. The number of nitrogens with one attached hydrogen (secondary N) is 1. The molecule has 3 aromatic carbocycles. The standard InChI is InChI=1S/C23H19BrN4O4S/c1-28(15-16-5-3-2-4-6-16)33(30,31)20-13-9-17(10-14-20)21(29)25-23-27-26-22(32-23)18-7-11-19(24)12-8-18/h2-14H,15H2,1H3,(H,25,27,29). The molecule has 4 aromatic rings. The highest BCUT2D eigenvalue weighted by molar-refractivity contribution is 9.10. The second-order valence-electron chi connectivity index (χ2n) is 7.14. The fourth-order valence-electron chi connectivity index (χ4n) is 3.04. The van der Waals surface area contributed by atoms with Gasteiger partial charge < -0.3 is 4.42 Å². The van der Waals surface area contributed by atoms with E-state index in [1.54, 1.807) is 12.1 Å². The number of sulfonamides is 1. The van der Waals surface area contributed by atoms with Gasteiger partial charge in [0, 0.05) is 29.2 Å². The first-order valence-electron chi connectivity index (χ1n) is 9.84. The predicted molar refractivity (Wildman–Crippen MR) is 127 cm³/mol. The molecule has 10 heteroatoms. The van der Waals surface area contributed by atoms with Crippen LogP contribution in [0.15, 0.2) is 92.6 Å². The fourth-order valence-corrected chi connectivity index (χ4v) is 4.46. The molecule has 0 aliphatic heterocycles. The first kappa shape index (κ1) is 22.8. The van der Waals surface area contributed by atoms with Crippen molar-refractivity contribution in [3.63, 3.8) is 0 Å². The maximum atomic E-state index is 12.9. The van der Waals surface area contributed by atoms with Crippen LogP contribution in [0.1, 0.15) is 15.9 Å². The fraction of sp³-hybridized carbons (Fsp3) is 0.0870. The Balaban J connectivity index is 1.43. The second-order valence-corrected chi connectivity index (χ2v) is 10.1. The van der Waals surface area contributed by atoms with Gasteiger partial charge in [0.25, 0.3) is 5.91 Å². The minimum Gasteiger partial charge on any atom is -0.403 e. The Morgan fingerprint density at radius 3 is 2.30 bits per heavy atom. The molecule has 0 saturated heterocycles. The second kappa shape index (κ2) is 9.65. The minimum atomic E-state index is -3.71. The van der Waals surface area contributed by atoms with Gasteiger partial charge in [0.15, 0.2) is 0 Å². The van der Waals surface area contributed by atoms with E-state index in [1.165, 1.54) is 35.6 Å². The zero-order chi connectivity index (χ0) is 23.4. The van der Waals surface area contributed by atoms with Crippen LogP contribution in [0, 0.1) is 0 Å². The maximum absolute atomic E-state index is 12.9. The highest BCUT2D eigenvalue weighted by Gasteiger charge is 2.21. The number of nitrogens with zero attached hydrogens (tertiary/aromatic N) is 3. The highest BCUT2D eigenvalue weighted by atomic mass is 79.9. The van der Waals surface area contributed by atoms with Crippen LogP contribution in [0.2, 0.25) is 0 Å². The molecule has 0 atom stereocenters. The maximum Gasteiger partial charge on any atom is 0.322 e. The Morgan fingerprint density at radius 1 is 0.970 bits per heavy atom. The van der Waals surface area contributed by atoms with Gasteiger partial charge in [0.05, 0.1) is 4.90 Å². The van der Waals surface area contributed by atoms with Crippen molar-refractivity contribution >= 4 is 37.9 Å². The molecule has 0 saturated carbocycles. The quantitative estimate of drug-likeness (QED) is 0.378. The van der Waals surface area contributed by atoms with Crippen LogP contribution >= 0.6 is 15.9 Å². The first-order chi connectivity index (χ1) is 15.8. The number of carbonyl (C=O) groups excluding carboxylic acids is 1. The molecule has 4 rings (SSSR count). The van der Waals surface area contributed by atoms with Gasteiger partial charge in [-0.1, -0.05) is 51.4 Å². The van der Waals surface area contributed by atoms with Crippen LogP contribution in [0.4, 0.5) is 6.01 Å². The lowest BCUT2D eigenvalue weighted by Gasteiger charge is -2.17. The molecular weight excluding hydrogens is 508 g/mol. The van der Waals surface area contributed by atoms with Gasteiger partial charge in [-0.2, -0.15) is 4.31 Å². The number of aromatic nitrogens is 2. The third-order valence-corrected chi connectivity index (χ3v) is 7.16. The molecule has 0 unspecified atom stereocenters. The molecule has 0 bridgehead atoms. The number of benzene rings is 3. The van der Waals surface area contributed by atoms with Crippen molar-refractivity contribution < 1.29 is 17.6 Å². The van der Waals surface area contributed by atoms with Crippen molar-refractivity contribution in [2.75, 3.05) is 12.4 Å². The normalized spacial score (nSPS) is 11.5. The average Bonchev–Trinajstić information content (AvgIpc) is 3.28. The monoisotopic (exact) mass is 526 g/mol. The Bertz CT molecular complexity index is 1360. The summed E-state index contributed by atoms with van der Waals surface area (Å²) in [6.45, 7) is 0.239. The highest BCUT2D eigenvalue weighted by Crippen LogP contribution is 2.23. The molecule has 0 spiro atoms. The summed E-state index contributed by atoms with van der Waals surface area (Å²) in [6.07, 6.45) is 0. The first-order valence-corrected chi connectivity index (χ1v) is 12.1. The molecule has 168 valence electrons. The van der Waals surface area contributed by atoms with Crippen LogP contribution in [-0.4, -0.2) is 35.9 Å². The molecule has 1 N–H and O–H groups in total. The molecular formula is C23H19BrN4O4S. The van der Waals surface area contributed by atoms with Crippen molar-refractivity contribution in [1.82, 2.24) is 14.5 Å². The molecule has 0 aliphatic rings. The van der Waals surface area contributed by atoms with E-state index in [0.717, 1.165) is 10.0 Å². The molecule has 1 amide bonds. The van der Waals surface area contributed by atoms with E-state index < -0.39 is 15.9 Å². The summed E-state index contributed by atoms with van der Waals surface area (Å²) < 4.78 is 33.4. The van der Waals surface area contributed by atoms with Gasteiger partial charge in [-0.25, -0.2) is 8.42 Å². The Kier molecular flexibility index (Phi) is 6.68. The van der Waals surface area contributed by atoms with Gasteiger partial charge in [0.2, 0.25) is 15.9 Å². The number of carbonyl (C=O) groups is 1. The van der Waals surface area contributed by atoms with Gasteiger partial charge >= 0.3 is 6.01 Å². The summed E-state index contributed by atoms with van der Waals surface area (Å²) in [5.74, 6) is -0.233. The lowest BCUT2D eigenvalue weighted by atomic mass is 10.2. The third-order valence-electron chi connectivity index (χ3n) is 4.81. The molecule has 0 radical (unpaired) electrons. The number of halogens is 1. The van der Waals surface area contributed by atoms with Crippen LogP contribution in [-0.2, 0) is 16.6 Å². The summed E-state index contributed by atoms with van der Waals surface area (Å²) in [5, 5.41) is 10.3. The molecule has 8 nitrogen and oxygen atoms in total. The van der Waals surface area contributed by atoms with E-state index >= 15 is 0 Å². The van der Waals surface area contributed by atoms with Crippen molar-refractivity contribution in [2.24, 2.45) is 0 Å². The largest absolute Gasteiger partial charge is 0.403 e. The van der Waals surface area contributed by atoms with Crippen LogP contribution in [0.25, 0.3) is 11.5 Å². The molecule has 33 heavy (non-hydrogen) atoms. The lowest BCUT2D eigenvalue weighted by Crippen LogP contribution is -2.26. The smallest absolute Gasteiger partial charge is 0.322 e. The number of hydrogen-bond acceptors (Lipinski definition) is 6. The van der Waals surface area contributed by atoms with E-state index in [9.17, 15) is 13.2 Å². The summed E-state index contributed by atoms with van der Waals surface area (Å²) in [4.78, 5) is 12.6. The van der Waals surface area contributed by atoms with Crippen molar-refractivity contribution in [2.45, 2.75) is 11.4 Å². The van der Waals surface area contributed by atoms with E-state index in [2.05, 4.69) is 31.4 Å². The molecule has 0 aliphatic carbocycles. The van der Waals surface area contributed by atoms with Crippen molar-refractivity contribution in [3.8, 4) is 11.5 Å². The lowest BCUT2D eigenvalue weighted by molar-refractivity contribution is 0.102. The van der Waals surface area contributed by atoms with Crippen molar-refractivity contribution in [1.29, 1.82) is 0 Å². The van der Waals surface area contributed by atoms with Gasteiger partial charge in [0.1, 0.15) is 0 Å². The van der Waals surface area contributed by atoms with E-state index in [4.69, 9.17) is 4.42 Å². The number of rotatable bonds is 7. The molecule has 1 heterocycles. The Labute approximate surface area is 199 Å². The van der Waals surface area contributed by atoms with E-state index in [-0.39, 0.29) is 28.9 Å². The number of anilines is 1. The minimum absolute atomic E-state index is 0.0581. The number of hydrogen-bond donors (Lipinski definition) is 1. The molecule has 1 aromatic heterocycles. The SMILES string of the molecule is CN(Cc1ccccc1)S(=O)(=O)c1ccc(C(=O)Nc2nnc(-c3ccc(Br)cc3)o2)cc1. The zero-order valence-electron chi connectivity index (χ0n) is 17.5. The zero-order valence-corrected chi connectivity index (χ0v) is 19.9. The Hall–Kier alpha value is -3.34. The summed E-state index contributed by atoms with van der Waals surface area (Å²) >= 11 is 3.36. The predicted octanol–water partition coefficient (Wildman–Crippen LogP) is 4.57. The average molecular weight is 527 g/mol. The van der Waals surface area contributed by atoms with E-state index in [0.29, 0.717) is 5.56 Å². The topological polar surface area (TPSA) is 105 Å². The van der Waals surface area contributed by atoms with E-state index in [1.807, 2.05) is 42.5 Å². The van der Waals surface area contributed by atoms with Gasteiger partial charge in [-0.3, -0.25) is 10.1 Å². The van der Waals surface area contributed by atoms with Crippen LogP contribution in [0.5, 0.6) is 0 Å². The summed E-state index contributed by atoms with van der Waals surface area (Å²) in [6, 6.07) is 22.2.